The molecule has 0 N–H and O–H groups in total. The van der Waals surface area contributed by atoms with Gasteiger partial charge in [-0.15, -0.1) is 0 Å². The summed E-state index contributed by atoms with van der Waals surface area (Å²) in [6.07, 6.45) is 1.83. The molecule has 0 spiro atoms. The number of ether oxygens (including phenoxy) is 1. The molecule has 0 bridgehead atoms. The number of hydrogen-bond donors (Lipinski definition) is 0. The first kappa shape index (κ1) is 14.9. The molecule has 2 heterocycles. The van der Waals surface area contributed by atoms with Gasteiger partial charge in [0, 0.05) is 6.20 Å². The zero-order valence-electron chi connectivity index (χ0n) is 13.0. The van der Waals surface area contributed by atoms with E-state index in [-0.39, 0.29) is 5.78 Å². The van der Waals surface area contributed by atoms with Crippen LogP contribution < -0.4 is 4.74 Å². The zero-order valence-corrected chi connectivity index (χ0v) is 13.8. The summed E-state index contributed by atoms with van der Waals surface area (Å²) in [5.41, 5.74) is 2.07. The number of para-hydroxylation sites is 1. The first-order valence-electron chi connectivity index (χ1n) is 7.56. The van der Waals surface area contributed by atoms with Gasteiger partial charge in [-0.1, -0.05) is 24.3 Å². The van der Waals surface area contributed by atoms with Crippen LogP contribution in [0.2, 0.25) is 0 Å². The van der Waals surface area contributed by atoms with Gasteiger partial charge in [0.2, 0.25) is 0 Å². The predicted octanol–water partition coefficient (Wildman–Crippen LogP) is 3.53. The minimum atomic E-state index is -1.48. The van der Waals surface area contributed by atoms with Crippen molar-refractivity contribution in [2.45, 2.75) is 10.1 Å². The predicted molar refractivity (Wildman–Crippen MR) is 92.2 cm³/mol. The van der Waals surface area contributed by atoms with Crippen LogP contribution in [0.25, 0.3) is 5.69 Å². The molecule has 1 aromatic heterocycles. The molecule has 3 aromatic rings. The molecule has 0 fully saturated rings. The lowest BCUT2D eigenvalue weighted by atomic mass is 10.1. The molecule has 0 unspecified atom stereocenters. The molecule has 120 valence electrons. The van der Waals surface area contributed by atoms with Crippen LogP contribution in [0, 0.1) is 0 Å². The number of carbonyl (C=O) groups is 1. The lowest BCUT2D eigenvalue weighted by Crippen LogP contribution is -2.17. The van der Waals surface area contributed by atoms with E-state index >= 15 is 0 Å². The second-order valence-electron chi connectivity index (χ2n) is 5.55. The summed E-state index contributed by atoms with van der Waals surface area (Å²) in [6, 6.07) is 18.2. The Labute approximate surface area is 142 Å². The van der Waals surface area contributed by atoms with Gasteiger partial charge in [0.05, 0.1) is 34.2 Å². The monoisotopic (exact) mass is 337 g/mol. The standard InChI is InChI=1S/C19H15NO3S/c1-23-14-10-8-13(9-11-14)19-18(21)16-6-4-12-20(16)15-5-2-3-7-17(15)24(19)22/h2-12,19H,1H3/t19-,24+/m0/s1. The third-order valence-electron chi connectivity index (χ3n) is 4.21. The Bertz CT molecular complexity index is 943. The molecule has 1 aliphatic rings. The molecule has 5 heteroatoms. The Hall–Kier alpha value is -2.66. The number of fused-ring (bicyclic) bond motifs is 3. The van der Waals surface area contributed by atoms with Gasteiger partial charge in [-0.05, 0) is 42.0 Å². The van der Waals surface area contributed by atoms with Gasteiger partial charge in [-0.3, -0.25) is 9.00 Å². The van der Waals surface area contributed by atoms with E-state index in [2.05, 4.69) is 0 Å². The first-order valence-corrected chi connectivity index (χ1v) is 8.77. The Morgan fingerprint density at radius 3 is 2.50 bits per heavy atom. The first-order chi connectivity index (χ1) is 11.7. The van der Waals surface area contributed by atoms with Crippen molar-refractivity contribution in [2.75, 3.05) is 7.11 Å². The van der Waals surface area contributed by atoms with Crippen molar-refractivity contribution in [2.24, 2.45) is 0 Å². The number of rotatable bonds is 2. The number of nitrogens with zero attached hydrogens (tertiary/aromatic N) is 1. The molecule has 4 rings (SSSR count). The molecule has 0 aliphatic carbocycles. The Balaban J connectivity index is 1.92. The van der Waals surface area contributed by atoms with Crippen LogP contribution >= 0.6 is 0 Å². The second kappa shape index (κ2) is 5.76. The molecular weight excluding hydrogens is 322 g/mol. The summed E-state index contributed by atoms with van der Waals surface area (Å²) >= 11 is 0. The lowest BCUT2D eigenvalue weighted by Gasteiger charge is -2.14. The Morgan fingerprint density at radius 2 is 1.75 bits per heavy atom. The van der Waals surface area contributed by atoms with Crippen molar-refractivity contribution in [3.05, 3.63) is 78.1 Å². The highest BCUT2D eigenvalue weighted by Gasteiger charge is 2.35. The summed E-state index contributed by atoms with van der Waals surface area (Å²) in [7, 11) is 0.115. The quantitative estimate of drug-likeness (QED) is 0.719. The summed E-state index contributed by atoms with van der Waals surface area (Å²) < 4.78 is 20.2. The fourth-order valence-electron chi connectivity index (χ4n) is 3.03. The Kier molecular flexibility index (Phi) is 3.58. The average molecular weight is 337 g/mol. The van der Waals surface area contributed by atoms with Crippen molar-refractivity contribution >= 4 is 16.6 Å². The van der Waals surface area contributed by atoms with E-state index in [1.807, 2.05) is 41.1 Å². The summed E-state index contributed by atoms with van der Waals surface area (Å²) in [6.45, 7) is 0. The number of aromatic nitrogens is 1. The molecule has 0 saturated carbocycles. The molecule has 2 atom stereocenters. The molecule has 0 amide bonds. The third-order valence-corrected chi connectivity index (χ3v) is 5.91. The number of benzene rings is 2. The molecule has 24 heavy (non-hydrogen) atoms. The van der Waals surface area contributed by atoms with Gasteiger partial charge in [0.25, 0.3) is 0 Å². The number of ketones is 1. The lowest BCUT2D eigenvalue weighted by molar-refractivity contribution is 0.0982. The fourth-order valence-corrected chi connectivity index (χ4v) is 4.59. The number of Topliss-reactive ketones (excluding diaryl/α,β-unsaturated/α-hetero) is 1. The van der Waals surface area contributed by atoms with Crippen molar-refractivity contribution in [1.82, 2.24) is 4.57 Å². The summed E-state index contributed by atoms with van der Waals surface area (Å²) in [5, 5.41) is -0.729. The molecule has 2 aromatic carbocycles. The van der Waals surface area contributed by atoms with Crippen molar-refractivity contribution in [3.63, 3.8) is 0 Å². The van der Waals surface area contributed by atoms with Crippen LogP contribution in [0.4, 0.5) is 0 Å². The van der Waals surface area contributed by atoms with E-state index in [0.29, 0.717) is 16.3 Å². The van der Waals surface area contributed by atoms with Crippen LogP contribution in [-0.2, 0) is 10.8 Å². The highest BCUT2D eigenvalue weighted by atomic mass is 32.2. The second-order valence-corrected chi connectivity index (χ2v) is 7.05. The normalized spacial score (nSPS) is 19.3. The highest BCUT2D eigenvalue weighted by Crippen LogP contribution is 2.36. The largest absolute Gasteiger partial charge is 0.497 e. The maximum atomic E-state index is 13.2. The van der Waals surface area contributed by atoms with Crippen molar-refractivity contribution in [1.29, 1.82) is 0 Å². The zero-order chi connectivity index (χ0) is 16.7. The molecule has 0 saturated heterocycles. The third kappa shape index (κ3) is 2.20. The minimum Gasteiger partial charge on any atom is -0.497 e. The van der Waals surface area contributed by atoms with Gasteiger partial charge in [-0.25, -0.2) is 0 Å². The van der Waals surface area contributed by atoms with Crippen LogP contribution in [0.15, 0.2) is 71.8 Å². The van der Waals surface area contributed by atoms with Gasteiger partial charge >= 0.3 is 0 Å². The number of carbonyl (C=O) groups excluding carboxylic acids is 1. The molecule has 1 aliphatic heterocycles. The van der Waals surface area contributed by atoms with Crippen LogP contribution in [0.1, 0.15) is 21.3 Å². The molecule has 0 radical (unpaired) electrons. The van der Waals surface area contributed by atoms with E-state index in [1.54, 1.807) is 37.4 Å². The number of methoxy groups -OCH3 is 1. The maximum Gasteiger partial charge on any atom is 0.199 e. The maximum absolute atomic E-state index is 13.2. The van der Waals surface area contributed by atoms with Gasteiger partial charge in [0.15, 0.2) is 5.78 Å². The number of hydrogen-bond acceptors (Lipinski definition) is 3. The summed E-state index contributed by atoms with van der Waals surface area (Å²) in [5.74, 6) is 0.564. The van der Waals surface area contributed by atoms with Gasteiger partial charge in [0.1, 0.15) is 11.0 Å². The van der Waals surface area contributed by atoms with Crippen LogP contribution in [0.3, 0.4) is 0 Å². The van der Waals surface area contributed by atoms with E-state index in [1.165, 1.54) is 0 Å². The topological polar surface area (TPSA) is 48.3 Å². The van der Waals surface area contributed by atoms with Crippen molar-refractivity contribution in [3.8, 4) is 11.4 Å². The van der Waals surface area contributed by atoms with Crippen molar-refractivity contribution < 1.29 is 13.7 Å². The molecule has 4 nitrogen and oxygen atoms in total. The van der Waals surface area contributed by atoms with Gasteiger partial charge in [-0.2, -0.15) is 0 Å². The van der Waals surface area contributed by atoms with E-state index < -0.39 is 16.0 Å². The summed E-state index contributed by atoms with van der Waals surface area (Å²) in [4.78, 5) is 13.8. The smallest absolute Gasteiger partial charge is 0.199 e. The molecular formula is C19H15NO3S. The average Bonchev–Trinajstić information content (AvgIpc) is 3.09. The van der Waals surface area contributed by atoms with Crippen LogP contribution in [-0.4, -0.2) is 21.7 Å². The van der Waals surface area contributed by atoms with E-state index in [0.717, 1.165) is 11.3 Å². The fraction of sp³-hybridized carbons (Fsp3) is 0.105. The minimum absolute atomic E-state index is 0.139. The van der Waals surface area contributed by atoms with E-state index in [9.17, 15) is 9.00 Å². The van der Waals surface area contributed by atoms with Crippen LogP contribution in [0.5, 0.6) is 5.75 Å². The van der Waals surface area contributed by atoms with Gasteiger partial charge < -0.3 is 9.30 Å². The van der Waals surface area contributed by atoms with E-state index in [4.69, 9.17) is 4.74 Å². The SMILES string of the molecule is COc1ccc([C@H]2C(=O)c3cccn3-c3ccccc3[S@]2=O)cc1. The highest BCUT2D eigenvalue weighted by molar-refractivity contribution is 7.86. The Morgan fingerprint density at radius 1 is 1.00 bits per heavy atom.